The van der Waals surface area contributed by atoms with Crippen LogP contribution in [0.15, 0.2) is 51.7 Å². The van der Waals surface area contributed by atoms with E-state index in [-0.39, 0.29) is 11.3 Å². The van der Waals surface area contributed by atoms with Gasteiger partial charge in [-0.05, 0) is 42.7 Å². The fourth-order valence-corrected chi connectivity index (χ4v) is 3.58. The van der Waals surface area contributed by atoms with E-state index in [2.05, 4.69) is 22.1 Å². The van der Waals surface area contributed by atoms with E-state index in [0.717, 1.165) is 42.2 Å². The monoisotopic (exact) mass is 419 g/mol. The summed E-state index contributed by atoms with van der Waals surface area (Å²) in [4.78, 5) is 17.0. The number of hydrogen-bond acceptors (Lipinski definition) is 6. The first-order valence-corrected chi connectivity index (χ1v) is 10.5. The van der Waals surface area contributed by atoms with E-state index in [9.17, 15) is 9.90 Å². The highest BCUT2D eigenvalue weighted by atomic mass is 16.5. The minimum atomic E-state index is -0.545. The first kappa shape index (κ1) is 20.7. The zero-order chi connectivity index (χ0) is 21.8. The highest BCUT2D eigenvalue weighted by molar-refractivity contribution is 5.83. The molecule has 0 unspecified atom stereocenters. The fraction of sp³-hybridized carbons (Fsp3) is 0.292. The predicted molar refractivity (Wildman–Crippen MR) is 119 cm³/mol. The number of aromatic hydroxyl groups is 1. The van der Waals surface area contributed by atoms with Crippen LogP contribution in [-0.4, -0.2) is 27.4 Å². The van der Waals surface area contributed by atoms with Crippen molar-refractivity contribution in [1.82, 2.24) is 15.2 Å². The molecule has 0 aliphatic carbocycles. The van der Waals surface area contributed by atoms with Crippen molar-refractivity contribution < 1.29 is 14.3 Å². The van der Waals surface area contributed by atoms with E-state index < -0.39 is 5.63 Å². The fourth-order valence-electron chi connectivity index (χ4n) is 3.58. The summed E-state index contributed by atoms with van der Waals surface area (Å²) in [5, 5.41) is 18.1. The summed E-state index contributed by atoms with van der Waals surface area (Å²) < 4.78 is 10.7. The Balaban J connectivity index is 1.67. The van der Waals surface area contributed by atoms with Crippen LogP contribution in [-0.2, 0) is 6.42 Å². The first-order chi connectivity index (χ1) is 15.1. The van der Waals surface area contributed by atoms with Crippen LogP contribution < -0.4 is 10.4 Å². The third kappa shape index (κ3) is 4.45. The summed E-state index contributed by atoms with van der Waals surface area (Å²) in [5.41, 5.74) is 1.70. The summed E-state index contributed by atoms with van der Waals surface area (Å²) in [7, 11) is 1.60. The van der Waals surface area contributed by atoms with Gasteiger partial charge in [0.1, 0.15) is 22.6 Å². The summed E-state index contributed by atoms with van der Waals surface area (Å²) in [6, 6.07) is 12.5. The van der Waals surface area contributed by atoms with Crippen LogP contribution in [0.25, 0.3) is 33.7 Å². The highest BCUT2D eigenvalue weighted by Crippen LogP contribution is 2.28. The maximum absolute atomic E-state index is 12.6. The molecule has 0 atom stereocenters. The first-order valence-electron chi connectivity index (χ1n) is 10.5. The van der Waals surface area contributed by atoms with Crippen LogP contribution in [0.3, 0.4) is 0 Å². The molecule has 0 aliphatic heterocycles. The lowest BCUT2D eigenvalue weighted by Gasteiger charge is -2.07. The van der Waals surface area contributed by atoms with Gasteiger partial charge in [-0.2, -0.15) is 5.10 Å². The molecule has 7 nitrogen and oxygen atoms in total. The van der Waals surface area contributed by atoms with Gasteiger partial charge in [-0.1, -0.05) is 38.3 Å². The van der Waals surface area contributed by atoms with Crippen molar-refractivity contribution in [3.8, 4) is 34.3 Å². The van der Waals surface area contributed by atoms with E-state index in [0.29, 0.717) is 23.0 Å². The van der Waals surface area contributed by atoms with E-state index in [1.807, 2.05) is 30.3 Å². The minimum Gasteiger partial charge on any atom is -0.508 e. The van der Waals surface area contributed by atoms with Crippen molar-refractivity contribution in [3.05, 3.63) is 58.4 Å². The molecular weight excluding hydrogens is 394 g/mol. The Hall–Kier alpha value is -3.61. The summed E-state index contributed by atoms with van der Waals surface area (Å²) >= 11 is 0. The lowest BCUT2D eigenvalue weighted by Crippen LogP contribution is -2.04. The molecule has 2 aromatic carbocycles. The molecule has 0 saturated heterocycles. The van der Waals surface area contributed by atoms with Gasteiger partial charge in [-0.25, -0.2) is 9.78 Å². The summed E-state index contributed by atoms with van der Waals surface area (Å²) in [6.07, 6.45) is 5.23. The highest BCUT2D eigenvalue weighted by Gasteiger charge is 2.15. The van der Waals surface area contributed by atoms with E-state index in [1.165, 1.54) is 12.5 Å². The number of phenolic OH excluding ortho intramolecular Hbond substituents is 1. The van der Waals surface area contributed by atoms with Gasteiger partial charge in [0, 0.05) is 17.0 Å². The van der Waals surface area contributed by atoms with Crippen LogP contribution in [0.5, 0.6) is 11.5 Å². The maximum atomic E-state index is 12.6. The van der Waals surface area contributed by atoms with Gasteiger partial charge in [0.05, 0.1) is 7.11 Å². The number of aromatic amines is 1. The van der Waals surface area contributed by atoms with Crippen LogP contribution in [0.1, 0.15) is 38.2 Å². The second kappa shape index (κ2) is 9.04. The predicted octanol–water partition coefficient (Wildman–Crippen LogP) is 5.08. The number of ether oxygens (including phenoxy) is 1. The number of unbranched alkanes of at least 4 members (excludes halogenated alkanes) is 3. The molecule has 4 aromatic rings. The number of benzene rings is 2. The molecule has 2 N–H and O–H groups in total. The second-order valence-corrected chi connectivity index (χ2v) is 7.52. The average Bonchev–Trinajstić information content (AvgIpc) is 3.27. The molecule has 0 spiro atoms. The molecule has 2 aromatic heterocycles. The van der Waals surface area contributed by atoms with Gasteiger partial charge < -0.3 is 14.3 Å². The zero-order valence-electron chi connectivity index (χ0n) is 17.6. The molecule has 2 heterocycles. The normalized spacial score (nSPS) is 11.2. The molecular formula is C24H25N3O4. The largest absolute Gasteiger partial charge is 0.508 e. The number of fused-ring (bicyclic) bond motifs is 1. The molecule has 7 heteroatoms. The molecule has 0 radical (unpaired) electrons. The summed E-state index contributed by atoms with van der Waals surface area (Å²) in [5.74, 6) is 1.63. The Bertz CT molecular complexity index is 1260. The van der Waals surface area contributed by atoms with Crippen molar-refractivity contribution in [2.45, 2.75) is 39.0 Å². The molecule has 0 amide bonds. The van der Waals surface area contributed by atoms with Crippen molar-refractivity contribution >= 4 is 11.0 Å². The number of hydrogen-bond donors (Lipinski definition) is 2. The lowest BCUT2D eigenvalue weighted by atomic mass is 10.0. The second-order valence-electron chi connectivity index (χ2n) is 7.52. The standard InChI is InChI=1S/C24H25N3O4/c1-3-4-5-6-8-15-11-17-13-19(24(29)31-21(17)14-20(15)28)23-25-22(26-27-23)16-9-7-10-18(12-16)30-2/h7,9-14,28H,3-6,8H2,1-2H3,(H,25,26,27). The molecule has 0 bridgehead atoms. The van der Waals surface area contributed by atoms with Crippen molar-refractivity contribution in [2.75, 3.05) is 7.11 Å². The molecule has 0 fully saturated rings. The number of H-pyrrole nitrogens is 1. The molecule has 0 saturated carbocycles. The van der Waals surface area contributed by atoms with Gasteiger partial charge in [0.15, 0.2) is 11.6 Å². The third-order valence-corrected chi connectivity index (χ3v) is 5.30. The summed E-state index contributed by atoms with van der Waals surface area (Å²) in [6.45, 7) is 2.17. The number of nitrogens with one attached hydrogen (secondary N) is 1. The van der Waals surface area contributed by atoms with Gasteiger partial charge in [-0.3, -0.25) is 5.10 Å². The number of methoxy groups -OCH3 is 1. The Morgan fingerprint density at radius 1 is 1.13 bits per heavy atom. The maximum Gasteiger partial charge on any atom is 0.347 e. The average molecular weight is 419 g/mol. The number of aromatic nitrogens is 3. The Morgan fingerprint density at radius 2 is 2.00 bits per heavy atom. The Kier molecular flexibility index (Phi) is 6.02. The third-order valence-electron chi connectivity index (χ3n) is 5.30. The van der Waals surface area contributed by atoms with E-state index >= 15 is 0 Å². The van der Waals surface area contributed by atoms with Gasteiger partial charge >= 0.3 is 5.63 Å². The van der Waals surface area contributed by atoms with Crippen molar-refractivity contribution in [1.29, 1.82) is 0 Å². The van der Waals surface area contributed by atoms with Gasteiger partial charge in [0.25, 0.3) is 0 Å². The molecule has 160 valence electrons. The topological polar surface area (TPSA) is 101 Å². The molecule has 0 aliphatic rings. The number of nitrogens with zero attached hydrogens (tertiary/aromatic N) is 2. The SMILES string of the molecule is CCCCCCc1cc2cc(-c3nc(-c4cccc(OC)c4)n[nH]3)c(=O)oc2cc1O. The van der Waals surface area contributed by atoms with E-state index in [4.69, 9.17) is 9.15 Å². The quantitative estimate of drug-likeness (QED) is 0.305. The van der Waals surface area contributed by atoms with Crippen LogP contribution >= 0.6 is 0 Å². The van der Waals surface area contributed by atoms with Crippen LogP contribution in [0.4, 0.5) is 0 Å². The Morgan fingerprint density at radius 3 is 2.81 bits per heavy atom. The zero-order valence-corrected chi connectivity index (χ0v) is 17.6. The van der Waals surface area contributed by atoms with Crippen molar-refractivity contribution in [2.24, 2.45) is 0 Å². The van der Waals surface area contributed by atoms with Gasteiger partial charge in [-0.15, -0.1) is 0 Å². The van der Waals surface area contributed by atoms with Crippen molar-refractivity contribution in [3.63, 3.8) is 0 Å². The number of rotatable bonds is 8. The number of aryl methyl sites for hydroxylation is 1. The Labute approximate surface area is 179 Å². The smallest absolute Gasteiger partial charge is 0.347 e. The van der Waals surface area contributed by atoms with E-state index in [1.54, 1.807) is 13.2 Å². The molecule has 31 heavy (non-hydrogen) atoms. The molecule has 4 rings (SSSR count). The van der Waals surface area contributed by atoms with Crippen LogP contribution in [0.2, 0.25) is 0 Å². The minimum absolute atomic E-state index is 0.153. The number of phenols is 1. The van der Waals surface area contributed by atoms with Gasteiger partial charge in [0.2, 0.25) is 0 Å². The lowest BCUT2D eigenvalue weighted by molar-refractivity contribution is 0.415. The van der Waals surface area contributed by atoms with Crippen LogP contribution in [0, 0.1) is 0 Å².